The summed E-state index contributed by atoms with van der Waals surface area (Å²) < 4.78 is 1.89. The molecule has 0 aromatic carbocycles. The van der Waals surface area contributed by atoms with Crippen molar-refractivity contribution >= 4 is 69.5 Å². The number of nitrogens with zero attached hydrogens (tertiary/aromatic N) is 4. The van der Waals surface area contributed by atoms with Crippen LogP contribution in [0.4, 0.5) is 5.13 Å². The number of thiazole rings is 1. The number of aliphatic carboxylic acids is 2. The molecule has 206 valence electrons. The molecule has 2 aliphatic heterocycles. The van der Waals surface area contributed by atoms with Crippen LogP contribution < -0.4 is 15.6 Å². The zero-order valence-corrected chi connectivity index (χ0v) is 23.4. The number of rotatable bonds is 10. The molecular formula is C23H25N6O7S3+. The van der Waals surface area contributed by atoms with Crippen LogP contribution in [-0.4, -0.2) is 78.1 Å². The first-order chi connectivity index (χ1) is 18.4. The number of aromatic nitrogens is 2. The lowest BCUT2D eigenvalue weighted by molar-refractivity contribution is -0.673. The van der Waals surface area contributed by atoms with Crippen molar-refractivity contribution in [1.29, 1.82) is 0 Å². The number of carboxylic acid groups (broad SMARTS) is 2. The molecule has 0 spiro atoms. The molecule has 0 saturated carbocycles. The molecule has 16 heteroatoms. The number of β-lactam (4-membered cyclic amide) rings is 1. The van der Waals surface area contributed by atoms with Crippen molar-refractivity contribution < 1.29 is 38.8 Å². The molecule has 39 heavy (non-hydrogen) atoms. The van der Waals surface area contributed by atoms with Crippen molar-refractivity contribution in [2.75, 3.05) is 17.2 Å². The molecule has 2 atom stereocenters. The van der Waals surface area contributed by atoms with Crippen LogP contribution in [0.1, 0.15) is 19.5 Å². The third-order valence-electron chi connectivity index (χ3n) is 5.72. The Morgan fingerprint density at radius 1 is 1.38 bits per heavy atom. The van der Waals surface area contributed by atoms with E-state index in [4.69, 9.17) is 10.6 Å². The van der Waals surface area contributed by atoms with E-state index in [1.807, 2.05) is 36.1 Å². The van der Waals surface area contributed by atoms with E-state index in [-0.39, 0.29) is 22.2 Å². The maximum atomic E-state index is 13.2. The summed E-state index contributed by atoms with van der Waals surface area (Å²) in [5.74, 6) is -3.24. The first kappa shape index (κ1) is 28.4. The lowest BCUT2D eigenvalue weighted by atomic mass is 10.0. The van der Waals surface area contributed by atoms with Crippen molar-refractivity contribution in [3.8, 4) is 0 Å². The number of aryl methyl sites for hydroxylation is 1. The van der Waals surface area contributed by atoms with Gasteiger partial charge in [0.15, 0.2) is 23.2 Å². The number of oxime groups is 1. The minimum atomic E-state index is -1.75. The SMILES string of the molecule is C[n+]1cccc(SCC2=C(C(=O)O)N3C(=O)[C@@H](NC(=O)/C(=N\OC(C)(C)C(=O)O)c4csc(N)n4)[C@H]3SC2)c1. The number of nitrogen functional groups attached to an aromatic ring is 1. The summed E-state index contributed by atoms with van der Waals surface area (Å²) in [7, 11) is 1.89. The number of hydrogen-bond acceptors (Lipinski definition) is 11. The van der Waals surface area contributed by atoms with E-state index in [1.165, 1.54) is 47.7 Å². The summed E-state index contributed by atoms with van der Waals surface area (Å²) >= 11 is 3.83. The lowest BCUT2D eigenvalue weighted by Crippen LogP contribution is -2.71. The number of anilines is 1. The van der Waals surface area contributed by atoms with Crippen molar-refractivity contribution in [3.63, 3.8) is 0 Å². The molecule has 5 N–H and O–H groups in total. The van der Waals surface area contributed by atoms with Gasteiger partial charge in [0, 0.05) is 23.0 Å². The first-order valence-corrected chi connectivity index (χ1v) is 14.3. The minimum absolute atomic E-state index is 0.0378. The predicted octanol–water partition coefficient (Wildman–Crippen LogP) is 0.665. The van der Waals surface area contributed by atoms with Crippen molar-refractivity contribution in [1.82, 2.24) is 15.2 Å². The lowest BCUT2D eigenvalue weighted by Gasteiger charge is -2.49. The highest BCUT2D eigenvalue weighted by Gasteiger charge is 2.54. The van der Waals surface area contributed by atoms with Crippen LogP contribution in [-0.2, 0) is 31.1 Å². The molecule has 0 bridgehead atoms. The van der Waals surface area contributed by atoms with Crippen LogP contribution in [0.2, 0.25) is 0 Å². The fourth-order valence-electron chi connectivity index (χ4n) is 3.62. The number of carbonyl (C=O) groups excluding carboxylic acids is 2. The van der Waals surface area contributed by atoms with E-state index >= 15 is 0 Å². The summed E-state index contributed by atoms with van der Waals surface area (Å²) in [5.41, 5.74) is 4.11. The summed E-state index contributed by atoms with van der Waals surface area (Å²) in [5, 5.41) is 26.5. The van der Waals surface area contributed by atoms with Crippen LogP contribution in [0, 0.1) is 0 Å². The highest BCUT2D eigenvalue weighted by molar-refractivity contribution is 8.01. The van der Waals surface area contributed by atoms with Gasteiger partial charge in [-0.05, 0) is 25.5 Å². The molecule has 0 aliphatic carbocycles. The smallest absolute Gasteiger partial charge is 0.352 e. The number of thioether (sulfide) groups is 2. The molecule has 13 nitrogen and oxygen atoms in total. The van der Waals surface area contributed by atoms with Gasteiger partial charge < -0.3 is 26.1 Å². The van der Waals surface area contributed by atoms with E-state index in [9.17, 15) is 29.4 Å². The molecule has 1 saturated heterocycles. The maximum absolute atomic E-state index is 13.2. The second-order valence-electron chi connectivity index (χ2n) is 9.03. The van der Waals surface area contributed by atoms with Crippen LogP contribution in [0.15, 0.2) is 51.2 Å². The van der Waals surface area contributed by atoms with Crippen molar-refractivity contribution in [2.45, 2.75) is 35.8 Å². The fourth-order valence-corrected chi connectivity index (χ4v) is 6.64. The third kappa shape index (κ3) is 6.02. The van der Waals surface area contributed by atoms with Gasteiger partial charge in [-0.2, -0.15) is 0 Å². The van der Waals surface area contributed by atoms with E-state index in [1.54, 1.807) is 0 Å². The van der Waals surface area contributed by atoms with E-state index in [2.05, 4.69) is 15.5 Å². The number of amides is 2. The normalized spacial score (nSPS) is 19.3. The number of nitrogens with one attached hydrogen (secondary N) is 1. The number of fused-ring (bicyclic) bond motifs is 1. The number of pyridine rings is 1. The van der Waals surface area contributed by atoms with Gasteiger partial charge in [-0.3, -0.25) is 14.5 Å². The summed E-state index contributed by atoms with van der Waals surface area (Å²) in [4.78, 5) is 61.1. The predicted molar refractivity (Wildman–Crippen MR) is 144 cm³/mol. The quantitative estimate of drug-likeness (QED) is 0.0996. The van der Waals surface area contributed by atoms with Gasteiger partial charge in [0.05, 0.1) is 4.90 Å². The maximum Gasteiger partial charge on any atom is 0.352 e. The zero-order valence-electron chi connectivity index (χ0n) is 21.0. The standard InChI is InChI=1S/C23H24N6O7S3/c1-23(2,21(34)35)36-27-14(13-10-39-22(24)25-13)17(30)26-15-18(31)29-16(20(32)33)11(9-38-19(15)29)8-37-12-5-4-6-28(3)7-12/h4-7,10,15,19H,8-9H2,1-3H3,(H4-,24,25,26,30,32,33,34,35)/p+1/b27-14-/t15-,19-/m1/s1. The van der Waals surface area contributed by atoms with Crippen LogP contribution in [0.5, 0.6) is 0 Å². The van der Waals surface area contributed by atoms with Crippen molar-refractivity contribution in [2.24, 2.45) is 12.2 Å². The van der Waals surface area contributed by atoms with Crippen LogP contribution >= 0.6 is 34.9 Å². The number of nitrogens with two attached hydrogens (primary N) is 1. The molecule has 2 aromatic heterocycles. The molecule has 4 heterocycles. The Morgan fingerprint density at radius 3 is 2.74 bits per heavy atom. The minimum Gasteiger partial charge on any atom is -0.478 e. The Hall–Kier alpha value is -3.63. The third-order valence-corrected chi connectivity index (χ3v) is 8.80. The first-order valence-electron chi connectivity index (χ1n) is 11.4. The molecule has 2 amide bonds. The molecule has 2 aromatic rings. The summed E-state index contributed by atoms with van der Waals surface area (Å²) in [6.07, 6.45) is 3.81. The Kier molecular flexibility index (Phi) is 8.17. The highest BCUT2D eigenvalue weighted by atomic mass is 32.2. The van der Waals surface area contributed by atoms with E-state index < -0.39 is 40.8 Å². The van der Waals surface area contributed by atoms with E-state index in [0.717, 1.165) is 16.2 Å². The average molecular weight is 594 g/mol. The summed E-state index contributed by atoms with van der Waals surface area (Å²) in [6.45, 7) is 2.51. The number of carbonyl (C=O) groups is 4. The van der Waals surface area contributed by atoms with Crippen LogP contribution in [0.3, 0.4) is 0 Å². The molecular weight excluding hydrogens is 568 g/mol. The summed E-state index contributed by atoms with van der Waals surface area (Å²) in [6, 6.07) is 2.77. The van der Waals surface area contributed by atoms with Gasteiger partial charge in [-0.25, -0.2) is 19.1 Å². The van der Waals surface area contributed by atoms with E-state index in [0.29, 0.717) is 17.1 Å². The Labute approximate surface area is 235 Å². The number of carboxylic acids is 2. The van der Waals surface area contributed by atoms with Crippen molar-refractivity contribution in [3.05, 3.63) is 46.9 Å². The second-order valence-corrected chi connectivity index (χ2v) is 12.1. The molecule has 2 aliphatic rings. The topological polar surface area (TPSA) is 188 Å². The molecule has 0 unspecified atom stereocenters. The van der Waals surface area contributed by atoms with Gasteiger partial charge in [-0.1, -0.05) is 5.16 Å². The highest BCUT2D eigenvalue weighted by Crippen LogP contribution is 2.41. The average Bonchev–Trinajstić information content (AvgIpc) is 3.30. The van der Waals surface area contributed by atoms with Crippen LogP contribution in [0.25, 0.3) is 0 Å². The van der Waals surface area contributed by atoms with Gasteiger partial charge in [-0.15, -0.1) is 34.9 Å². The number of hydrogen-bond donors (Lipinski definition) is 4. The fraction of sp³-hybridized carbons (Fsp3) is 0.348. The zero-order chi connectivity index (χ0) is 28.5. The van der Waals surface area contributed by atoms with Gasteiger partial charge >= 0.3 is 11.9 Å². The Bertz CT molecular complexity index is 1410. The largest absolute Gasteiger partial charge is 0.478 e. The van der Waals surface area contributed by atoms with Gasteiger partial charge in [0.2, 0.25) is 5.60 Å². The van der Waals surface area contributed by atoms with Gasteiger partial charge in [0.1, 0.15) is 29.9 Å². The van der Waals surface area contributed by atoms with Gasteiger partial charge in [0.25, 0.3) is 11.8 Å². The monoisotopic (exact) mass is 593 g/mol. The second kappa shape index (κ2) is 11.2. The molecule has 1 fully saturated rings. The Balaban J connectivity index is 1.52. The molecule has 4 rings (SSSR count). The Morgan fingerprint density at radius 2 is 2.13 bits per heavy atom. The molecule has 0 radical (unpaired) electrons.